The summed E-state index contributed by atoms with van der Waals surface area (Å²) in [5.74, 6) is -0.142. The van der Waals surface area contributed by atoms with Crippen LogP contribution in [0.2, 0.25) is 0 Å². The molecule has 0 unspecified atom stereocenters. The van der Waals surface area contributed by atoms with Gasteiger partial charge in [-0.3, -0.25) is 4.79 Å². The standard InChI is InChI=1S/C8H9NO2/c1-6-2-3-7-5-11-8(10)4-9(6)7/h2-3H,4-5H2,1H3. The first-order valence-electron chi connectivity index (χ1n) is 3.58. The first-order chi connectivity index (χ1) is 5.27. The van der Waals surface area contributed by atoms with Gasteiger partial charge in [-0.05, 0) is 19.1 Å². The Balaban J connectivity index is 2.45. The van der Waals surface area contributed by atoms with Gasteiger partial charge in [-0.25, -0.2) is 0 Å². The molecule has 11 heavy (non-hydrogen) atoms. The van der Waals surface area contributed by atoms with Gasteiger partial charge in [0.25, 0.3) is 0 Å². The van der Waals surface area contributed by atoms with Crippen LogP contribution in [0.25, 0.3) is 0 Å². The summed E-state index contributed by atoms with van der Waals surface area (Å²) in [6, 6.07) is 3.99. The predicted molar refractivity (Wildman–Crippen MR) is 39.0 cm³/mol. The Hall–Kier alpha value is -1.25. The number of hydrogen-bond donors (Lipinski definition) is 0. The summed E-state index contributed by atoms with van der Waals surface area (Å²) in [4.78, 5) is 10.8. The van der Waals surface area contributed by atoms with Crippen LogP contribution in [0.3, 0.4) is 0 Å². The van der Waals surface area contributed by atoms with Crippen molar-refractivity contribution in [1.29, 1.82) is 0 Å². The van der Waals surface area contributed by atoms with Crippen LogP contribution in [0.15, 0.2) is 12.1 Å². The molecule has 0 bridgehead atoms. The summed E-state index contributed by atoms with van der Waals surface area (Å²) < 4.78 is 6.84. The largest absolute Gasteiger partial charge is 0.458 e. The van der Waals surface area contributed by atoms with Gasteiger partial charge in [0.05, 0.1) is 5.69 Å². The summed E-state index contributed by atoms with van der Waals surface area (Å²) in [5, 5.41) is 0. The van der Waals surface area contributed by atoms with Gasteiger partial charge >= 0.3 is 5.97 Å². The van der Waals surface area contributed by atoms with Gasteiger partial charge in [-0.1, -0.05) is 0 Å². The summed E-state index contributed by atoms with van der Waals surface area (Å²) >= 11 is 0. The third-order valence-electron chi connectivity index (χ3n) is 1.96. The van der Waals surface area contributed by atoms with Gasteiger partial charge in [0, 0.05) is 5.69 Å². The van der Waals surface area contributed by atoms with E-state index >= 15 is 0 Å². The van der Waals surface area contributed by atoms with Crippen molar-refractivity contribution >= 4 is 5.97 Å². The molecule has 0 spiro atoms. The van der Waals surface area contributed by atoms with Crippen LogP contribution >= 0.6 is 0 Å². The number of fused-ring (bicyclic) bond motifs is 1. The van der Waals surface area contributed by atoms with Gasteiger partial charge in [0.2, 0.25) is 0 Å². The van der Waals surface area contributed by atoms with Crippen molar-refractivity contribution in [3.8, 4) is 0 Å². The van der Waals surface area contributed by atoms with Crippen LogP contribution in [0.4, 0.5) is 0 Å². The van der Waals surface area contributed by atoms with Gasteiger partial charge in [-0.15, -0.1) is 0 Å². The Morgan fingerprint density at radius 1 is 1.55 bits per heavy atom. The predicted octanol–water partition coefficient (Wildman–Crippen LogP) is 0.853. The smallest absolute Gasteiger partial charge is 0.326 e. The number of cyclic esters (lactones) is 1. The SMILES string of the molecule is Cc1ccc2n1CC(=O)OC2. The van der Waals surface area contributed by atoms with E-state index in [1.54, 1.807) is 0 Å². The van der Waals surface area contributed by atoms with E-state index in [2.05, 4.69) is 0 Å². The molecule has 1 aliphatic rings. The van der Waals surface area contributed by atoms with Crippen molar-refractivity contribution in [3.05, 3.63) is 23.5 Å². The fourth-order valence-corrected chi connectivity index (χ4v) is 1.30. The minimum atomic E-state index is -0.142. The molecular weight excluding hydrogens is 142 g/mol. The maximum absolute atomic E-state index is 10.8. The van der Waals surface area contributed by atoms with E-state index in [0.29, 0.717) is 13.2 Å². The Bertz CT molecular complexity index is 301. The molecule has 3 nitrogen and oxygen atoms in total. The fraction of sp³-hybridized carbons (Fsp3) is 0.375. The Morgan fingerprint density at radius 3 is 3.18 bits per heavy atom. The topological polar surface area (TPSA) is 31.2 Å². The molecule has 0 saturated heterocycles. The molecule has 0 aromatic carbocycles. The molecule has 2 heterocycles. The first kappa shape index (κ1) is 6.46. The monoisotopic (exact) mass is 151 g/mol. The lowest BCUT2D eigenvalue weighted by Crippen LogP contribution is -2.22. The number of rotatable bonds is 0. The number of carbonyl (C=O) groups is 1. The van der Waals surface area contributed by atoms with Crippen molar-refractivity contribution in [3.63, 3.8) is 0 Å². The molecule has 1 aromatic rings. The molecule has 0 fully saturated rings. The molecular formula is C8H9NO2. The maximum Gasteiger partial charge on any atom is 0.326 e. The molecule has 0 amide bonds. The molecule has 0 atom stereocenters. The van der Waals surface area contributed by atoms with E-state index in [1.807, 2.05) is 23.6 Å². The number of carbonyl (C=O) groups excluding carboxylic acids is 1. The number of ether oxygens (including phenoxy) is 1. The molecule has 0 radical (unpaired) electrons. The second-order valence-corrected chi connectivity index (χ2v) is 2.71. The summed E-state index contributed by atoms with van der Waals surface area (Å²) in [5.41, 5.74) is 2.21. The van der Waals surface area contributed by atoms with E-state index in [4.69, 9.17) is 4.74 Å². The zero-order chi connectivity index (χ0) is 7.84. The van der Waals surface area contributed by atoms with Crippen molar-refractivity contribution in [2.45, 2.75) is 20.1 Å². The lowest BCUT2D eigenvalue weighted by Gasteiger charge is -2.16. The quantitative estimate of drug-likeness (QED) is 0.515. The average molecular weight is 151 g/mol. The van der Waals surface area contributed by atoms with Crippen molar-refractivity contribution < 1.29 is 9.53 Å². The first-order valence-corrected chi connectivity index (χ1v) is 3.58. The lowest BCUT2D eigenvalue weighted by atomic mass is 10.4. The number of aryl methyl sites for hydroxylation is 1. The highest BCUT2D eigenvalue weighted by molar-refractivity contribution is 5.70. The van der Waals surface area contributed by atoms with Crippen molar-refractivity contribution in [2.75, 3.05) is 0 Å². The van der Waals surface area contributed by atoms with E-state index in [0.717, 1.165) is 11.4 Å². The lowest BCUT2D eigenvalue weighted by molar-refractivity contribution is -0.148. The third-order valence-corrected chi connectivity index (χ3v) is 1.96. The fourth-order valence-electron chi connectivity index (χ4n) is 1.30. The molecule has 1 aromatic heterocycles. The molecule has 1 aliphatic heterocycles. The Kier molecular flexibility index (Phi) is 1.24. The van der Waals surface area contributed by atoms with Crippen LogP contribution < -0.4 is 0 Å². The maximum atomic E-state index is 10.8. The van der Waals surface area contributed by atoms with E-state index in [-0.39, 0.29) is 5.97 Å². The van der Waals surface area contributed by atoms with Crippen LogP contribution in [-0.2, 0) is 22.7 Å². The van der Waals surface area contributed by atoms with Crippen LogP contribution in [0.5, 0.6) is 0 Å². The summed E-state index contributed by atoms with van der Waals surface area (Å²) in [6.45, 7) is 2.78. The highest BCUT2D eigenvalue weighted by atomic mass is 16.5. The number of nitrogens with zero attached hydrogens (tertiary/aromatic N) is 1. The molecule has 0 aliphatic carbocycles. The number of aromatic nitrogens is 1. The minimum Gasteiger partial charge on any atom is -0.458 e. The second-order valence-electron chi connectivity index (χ2n) is 2.71. The Labute approximate surface area is 64.6 Å². The number of esters is 1. The zero-order valence-corrected chi connectivity index (χ0v) is 6.33. The minimum absolute atomic E-state index is 0.142. The average Bonchev–Trinajstić information content (AvgIpc) is 2.33. The third kappa shape index (κ3) is 0.926. The van der Waals surface area contributed by atoms with Crippen LogP contribution in [0, 0.1) is 6.92 Å². The van der Waals surface area contributed by atoms with Gasteiger partial charge in [0.15, 0.2) is 0 Å². The molecule has 3 heteroatoms. The molecule has 0 N–H and O–H groups in total. The van der Waals surface area contributed by atoms with Gasteiger partial charge in [0.1, 0.15) is 13.2 Å². The number of hydrogen-bond acceptors (Lipinski definition) is 2. The zero-order valence-electron chi connectivity index (χ0n) is 6.33. The molecule has 2 rings (SSSR count). The normalized spacial score (nSPS) is 15.9. The van der Waals surface area contributed by atoms with Gasteiger partial charge < -0.3 is 9.30 Å². The van der Waals surface area contributed by atoms with Gasteiger partial charge in [-0.2, -0.15) is 0 Å². The molecule has 58 valence electrons. The van der Waals surface area contributed by atoms with Crippen molar-refractivity contribution in [2.24, 2.45) is 0 Å². The second kappa shape index (κ2) is 2.12. The summed E-state index contributed by atoms with van der Waals surface area (Å²) in [7, 11) is 0. The van der Waals surface area contributed by atoms with E-state index in [1.165, 1.54) is 0 Å². The van der Waals surface area contributed by atoms with Crippen LogP contribution in [-0.4, -0.2) is 10.5 Å². The summed E-state index contributed by atoms with van der Waals surface area (Å²) in [6.07, 6.45) is 0. The Morgan fingerprint density at radius 2 is 2.36 bits per heavy atom. The van der Waals surface area contributed by atoms with Crippen LogP contribution in [0.1, 0.15) is 11.4 Å². The highest BCUT2D eigenvalue weighted by Crippen LogP contribution is 2.13. The highest BCUT2D eigenvalue weighted by Gasteiger charge is 2.16. The molecule has 0 saturated carbocycles. The van der Waals surface area contributed by atoms with Crippen molar-refractivity contribution in [1.82, 2.24) is 4.57 Å². The van der Waals surface area contributed by atoms with E-state index < -0.39 is 0 Å². The van der Waals surface area contributed by atoms with E-state index in [9.17, 15) is 4.79 Å².